The number of fused-ring (bicyclic) bond motifs is 1. The van der Waals surface area contributed by atoms with Crippen LogP contribution in [0.25, 0.3) is 10.2 Å². The normalized spacial score (nSPS) is 11.5. The predicted octanol–water partition coefficient (Wildman–Crippen LogP) is 5.81. The van der Waals surface area contributed by atoms with Crippen molar-refractivity contribution >= 4 is 54.5 Å². The molecule has 196 valence electrons. The summed E-state index contributed by atoms with van der Waals surface area (Å²) in [5.41, 5.74) is 2.31. The number of hydrazone groups is 1. The number of methoxy groups -OCH3 is 1. The number of benzene rings is 4. The summed E-state index contributed by atoms with van der Waals surface area (Å²) in [6.07, 6.45) is 1.58. The number of hydrogen-bond acceptors (Lipinski definition) is 7. The minimum atomic E-state index is -3.82. The van der Waals surface area contributed by atoms with Gasteiger partial charge in [-0.25, -0.2) is 13.4 Å². The van der Waals surface area contributed by atoms with Gasteiger partial charge >= 0.3 is 0 Å². The zero-order valence-corrected chi connectivity index (χ0v) is 22.8. The quantitative estimate of drug-likeness (QED) is 0.178. The van der Waals surface area contributed by atoms with Gasteiger partial charge in [0, 0.05) is 12.6 Å². The number of carbonyl (C=O) groups excluding carboxylic acids is 1. The van der Waals surface area contributed by atoms with Crippen LogP contribution in [-0.4, -0.2) is 39.7 Å². The lowest BCUT2D eigenvalue weighted by molar-refractivity contribution is 0.0987. The number of ether oxygens (including phenoxy) is 1. The van der Waals surface area contributed by atoms with E-state index in [1.165, 1.54) is 52.0 Å². The second-order valence-corrected chi connectivity index (χ2v) is 11.4. The SMILES string of the molecule is COc1ccc2nc(N(/N=C/c3ccccc3)C(=O)c3ccc(S(=O)(=O)N(C)c4ccccc4)cc3)sc2c1. The fourth-order valence-corrected chi connectivity index (χ4v) is 5.94. The maximum Gasteiger partial charge on any atom is 0.280 e. The molecule has 0 atom stereocenters. The Morgan fingerprint density at radius 1 is 0.923 bits per heavy atom. The van der Waals surface area contributed by atoms with Gasteiger partial charge < -0.3 is 4.74 Å². The summed E-state index contributed by atoms with van der Waals surface area (Å²) in [5.74, 6) is 0.231. The molecule has 0 N–H and O–H groups in total. The highest BCUT2D eigenvalue weighted by molar-refractivity contribution is 7.92. The smallest absolute Gasteiger partial charge is 0.280 e. The van der Waals surface area contributed by atoms with Crippen LogP contribution in [0, 0.1) is 0 Å². The lowest BCUT2D eigenvalue weighted by Crippen LogP contribution is -2.27. The van der Waals surface area contributed by atoms with Gasteiger partial charge in [0.1, 0.15) is 5.75 Å². The van der Waals surface area contributed by atoms with Gasteiger partial charge in [-0.3, -0.25) is 9.10 Å². The fraction of sp³-hybridized carbons (Fsp3) is 0.0690. The van der Waals surface area contributed by atoms with Crippen LogP contribution >= 0.6 is 11.3 Å². The zero-order valence-electron chi connectivity index (χ0n) is 21.1. The van der Waals surface area contributed by atoms with Crippen LogP contribution in [0.2, 0.25) is 0 Å². The maximum atomic E-state index is 13.7. The Bertz CT molecular complexity index is 1740. The van der Waals surface area contributed by atoms with Crippen LogP contribution in [-0.2, 0) is 10.0 Å². The van der Waals surface area contributed by atoms with Crippen molar-refractivity contribution < 1.29 is 17.9 Å². The van der Waals surface area contributed by atoms with Crippen molar-refractivity contribution in [2.75, 3.05) is 23.5 Å². The number of thiazole rings is 1. The van der Waals surface area contributed by atoms with Crippen LogP contribution in [0.4, 0.5) is 10.8 Å². The van der Waals surface area contributed by atoms with E-state index in [-0.39, 0.29) is 10.5 Å². The molecule has 5 rings (SSSR count). The molecule has 0 unspecified atom stereocenters. The molecule has 0 spiro atoms. The number of rotatable bonds is 8. The highest BCUT2D eigenvalue weighted by Crippen LogP contribution is 2.32. The number of nitrogens with zero attached hydrogens (tertiary/aromatic N) is 4. The van der Waals surface area contributed by atoms with Crippen LogP contribution in [0.15, 0.2) is 113 Å². The van der Waals surface area contributed by atoms with Crippen LogP contribution in [0.1, 0.15) is 15.9 Å². The first-order chi connectivity index (χ1) is 18.9. The molecule has 8 nitrogen and oxygen atoms in total. The van der Waals surface area contributed by atoms with E-state index >= 15 is 0 Å². The van der Waals surface area contributed by atoms with Crippen molar-refractivity contribution in [3.05, 3.63) is 114 Å². The van der Waals surface area contributed by atoms with E-state index in [2.05, 4.69) is 10.1 Å². The molecule has 39 heavy (non-hydrogen) atoms. The van der Waals surface area contributed by atoms with Crippen molar-refractivity contribution in [1.29, 1.82) is 0 Å². The molecular weight excluding hydrogens is 532 g/mol. The van der Waals surface area contributed by atoms with Gasteiger partial charge in [0.05, 0.1) is 34.1 Å². The van der Waals surface area contributed by atoms with Gasteiger partial charge in [-0.2, -0.15) is 10.1 Å². The van der Waals surface area contributed by atoms with E-state index in [0.717, 1.165) is 10.3 Å². The first-order valence-corrected chi connectivity index (χ1v) is 14.1. The van der Waals surface area contributed by atoms with Gasteiger partial charge in [-0.1, -0.05) is 59.9 Å². The highest BCUT2D eigenvalue weighted by atomic mass is 32.2. The predicted molar refractivity (Wildman–Crippen MR) is 155 cm³/mol. The average molecular weight is 557 g/mol. The molecule has 0 aliphatic rings. The molecule has 0 aliphatic carbocycles. The van der Waals surface area contributed by atoms with Gasteiger partial charge in [-0.15, -0.1) is 0 Å². The van der Waals surface area contributed by atoms with Crippen LogP contribution in [0.5, 0.6) is 5.75 Å². The summed E-state index contributed by atoms with van der Waals surface area (Å²) in [7, 11) is -0.741. The molecule has 0 saturated heterocycles. The second kappa shape index (κ2) is 11.1. The number of hydrogen-bond donors (Lipinski definition) is 0. The fourth-order valence-electron chi connectivity index (χ4n) is 3.79. The van der Waals surface area contributed by atoms with Crippen LogP contribution in [0.3, 0.4) is 0 Å². The van der Waals surface area contributed by atoms with Crippen molar-refractivity contribution in [1.82, 2.24) is 4.98 Å². The topological polar surface area (TPSA) is 92.2 Å². The van der Waals surface area contributed by atoms with E-state index in [4.69, 9.17) is 4.74 Å². The number of para-hydroxylation sites is 1. The zero-order chi connectivity index (χ0) is 27.4. The average Bonchev–Trinajstić information content (AvgIpc) is 3.40. The third-order valence-corrected chi connectivity index (χ3v) is 8.75. The molecule has 1 heterocycles. The maximum absolute atomic E-state index is 13.7. The Kier molecular flexibility index (Phi) is 7.40. The van der Waals surface area contributed by atoms with E-state index in [9.17, 15) is 13.2 Å². The Labute approximate surface area is 230 Å². The van der Waals surface area contributed by atoms with Gasteiger partial charge in [-0.05, 0) is 60.2 Å². The van der Waals surface area contributed by atoms with E-state index in [0.29, 0.717) is 22.1 Å². The minimum absolute atomic E-state index is 0.0665. The van der Waals surface area contributed by atoms with Gasteiger partial charge in [0.25, 0.3) is 15.9 Å². The third kappa shape index (κ3) is 5.52. The van der Waals surface area contributed by atoms with Crippen LogP contribution < -0.4 is 14.1 Å². The van der Waals surface area contributed by atoms with Crippen molar-refractivity contribution in [2.24, 2.45) is 5.10 Å². The summed E-state index contributed by atoms with van der Waals surface area (Å²) >= 11 is 1.30. The Balaban J connectivity index is 1.48. The molecule has 5 aromatic rings. The first-order valence-electron chi connectivity index (χ1n) is 11.9. The Hall–Kier alpha value is -4.54. The third-order valence-electron chi connectivity index (χ3n) is 5.96. The minimum Gasteiger partial charge on any atom is -0.497 e. The number of aromatic nitrogens is 1. The molecule has 1 amide bonds. The largest absolute Gasteiger partial charge is 0.497 e. The van der Waals surface area contributed by atoms with E-state index < -0.39 is 15.9 Å². The van der Waals surface area contributed by atoms with Gasteiger partial charge in [0.15, 0.2) is 0 Å². The molecule has 0 saturated carbocycles. The first kappa shape index (κ1) is 26.1. The van der Waals surface area contributed by atoms with E-state index in [1.807, 2.05) is 48.5 Å². The monoisotopic (exact) mass is 556 g/mol. The molecule has 10 heteroatoms. The van der Waals surface area contributed by atoms with Crippen molar-refractivity contribution in [2.45, 2.75) is 4.90 Å². The Morgan fingerprint density at radius 2 is 1.59 bits per heavy atom. The summed E-state index contributed by atoms with van der Waals surface area (Å²) in [6, 6.07) is 29.5. The standard InChI is InChI=1S/C29H24N4O4S2/c1-32(23-11-7-4-8-12-23)39(35,36)25-16-13-22(14-17-25)28(34)33(30-20-21-9-5-3-6-10-21)29-31-26-18-15-24(37-2)19-27(26)38-29/h3-20H,1-2H3/b30-20+. The molecule has 0 bridgehead atoms. The van der Waals surface area contributed by atoms with Gasteiger partial charge in [0.2, 0.25) is 5.13 Å². The van der Waals surface area contributed by atoms with Crippen molar-refractivity contribution in [3.63, 3.8) is 0 Å². The summed E-state index contributed by atoms with van der Waals surface area (Å²) in [6.45, 7) is 0. The highest BCUT2D eigenvalue weighted by Gasteiger charge is 2.24. The summed E-state index contributed by atoms with van der Waals surface area (Å²) in [5, 5.41) is 6.06. The summed E-state index contributed by atoms with van der Waals surface area (Å²) < 4.78 is 33.7. The summed E-state index contributed by atoms with van der Waals surface area (Å²) in [4.78, 5) is 18.4. The van der Waals surface area contributed by atoms with E-state index in [1.54, 1.807) is 43.7 Å². The van der Waals surface area contributed by atoms with Crippen molar-refractivity contribution in [3.8, 4) is 5.75 Å². The lowest BCUT2D eigenvalue weighted by Gasteiger charge is -2.19. The number of sulfonamides is 1. The molecule has 0 fully saturated rings. The number of anilines is 2. The molecule has 4 aromatic carbocycles. The molecule has 0 aliphatic heterocycles. The molecule has 1 aromatic heterocycles. The second-order valence-electron chi connectivity index (χ2n) is 8.43. The molecule has 0 radical (unpaired) electrons. The molecular formula is C29H24N4O4S2. The lowest BCUT2D eigenvalue weighted by atomic mass is 10.2. The number of amides is 1. The Morgan fingerprint density at radius 3 is 2.26 bits per heavy atom. The number of carbonyl (C=O) groups is 1.